The van der Waals surface area contributed by atoms with Crippen molar-refractivity contribution in [1.29, 1.82) is 5.41 Å². The largest absolute Gasteiger partial charge is 0.358 e. The first-order valence-electron chi connectivity index (χ1n) is 8.65. The molecule has 0 spiro atoms. The number of hydrogen-bond acceptors (Lipinski definition) is 6. The number of anilines is 1. The lowest BCUT2D eigenvalue weighted by atomic mass is 10.1. The minimum Gasteiger partial charge on any atom is -0.358 e. The van der Waals surface area contributed by atoms with Crippen LogP contribution >= 0.6 is 0 Å². The monoisotopic (exact) mass is 366 g/mol. The molecule has 8 nitrogen and oxygen atoms in total. The highest BCUT2D eigenvalue weighted by molar-refractivity contribution is 5.94. The molecule has 0 atom stereocenters. The topological polar surface area (TPSA) is 107 Å². The zero-order valence-electron chi connectivity index (χ0n) is 16.0. The van der Waals surface area contributed by atoms with Crippen molar-refractivity contribution in [2.45, 2.75) is 6.42 Å². The second-order valence-corrected chi connectivity index (χ2v) is 6.40. The zero-order chi connectivity index (χ0) is 19.6. The summed E-state index contributed by atoms with van der Waals surface area (Å²) >= 11 is 0. The van der Waals surface area contributed by atoms with Crippen LogP contribution in [0, 0.1) is 5.41 Å². The van der Waals surface area contributed by atoms with Gasteiger partial charge < -0.3 is 15.6 Å². The summed E-state index contributed by atoms with van der Waals surface area (Å²) in [5.41, 5.74) is 2.69. The molecule has 3 N–H and O–H groups in total. The molecule has 0 saturated carbocycles. The van der Waals surface area contributed by atoms with Gasteiger partial charge in [0, 0.05) is 19.2 Å². The highest BCUT2D eigenvalue weighted by atomic mass is 15.3. The molecular formula is C19H26N8. The van der Waals surface area contributed by atoms with Crippen LogP contribution in [0.5, 0.6) is 0 Å². The first kappa shape index (κ1) is 20.2. The highest BCUT2D eigenvalue weighted by Gasteiger charge is 2.07. The van der Waals surface area contributed by atoms with Crippen LogP contribution in [-0.4, -0.2) is 54.9 Å². The third-order valence-corrected chi connectivity index (χ3v) is 3.89. The van der Waals surface area contributed by atoms with E-state index in [2.05, 4.69) is 39.2 Å². The summed E-state index contributed by atoms with van der Waals surface area (Å²) in [5.74, 6) is 5.78. The normalized spacial score (nSPS) is 11.6. The zero-order valence-corrected chi connectivity index (χ0v) is 16.0. The molecule has 8 heteroatoms. The molecule has 142 valence electrons. The number of rotatable bonds is 8. The molecule has 0 aliphatic carbocycles. The van der Waals surface area contributed by atoms with E-state index in [0.29, 0.717) is 0 Å². The molecule has 0 saturated heterocycles. The van der Waals surface area contributed by atoms with E-state index in [1.807, 2.05) is 31.3 Å². The van der Waals surface area contributed by atoms with Crippen molar-refractivity contribution in [2.24, 2.45) is 16.2 Å². The Morgan fingerprint density at radius 1 is 1.22 bits per heavy atom. The maximum atomic E-state index is 7.55. The number of hydrogen-bond donors (Lipinski definition) is 2. The average Bonchev–Trinajstić information content (AvgIpc) is 2.66. The fraction of sp³-hybridized carbons (Fsp3) is 0.316. The Bertz CT molecular complexity index is 813. The summed E-state index contributed by atoms with van der Waals surface area (Å²) in [5, 5.41) is 14.1. The van der Waals surface area contributed by atoms with E-state index < -0.39 is 0 Å². The number of amidine groups is 1. The van der Waals surface area contributed by atoms with Crippen molar-refractivity contribution in [3.05, 3.63) is 48.3 Å². The second kappa shape index (κ2) is 10.1. The standard InChI is InChI=1S/C19H26N8/c1-26(2)10-5-11-27(3)19-14-22-13-17(23-19)16-7-4-6-15(12-16)8-9-18(20)24-25-21/h4,6-9,12-14H,5,10-11H2,1-3H3,(H3,20,21,24)/b9-8+. The molecule has 0 radical (unpaired) electrons. The van der Waals surface area contributed by atoms with E-state index in [4.69, 9.17) is 16.2 Å². The van der Waals surface area contributed by atoms with Gasteiger partial charge in [-0.1, -0.05) is 29.5 Å². The molecule has 1 aromatic heterocycles. The Morgan fingerprint density at radius 2 is 2.04 bits per heavy atom. The van der Waals surface area contributed by atoms with Gasteiger partial charge in [0.1, 0.15) is 5.82 Å². The van der Waals surface area contributed by atoms with Crippen LogP contribution in [0.25, 0.3) is 17.3 Å². The molecule has 27 heavy (non-hydrogen) atoms. The van der Waals surface area contributed by atoms with Crippen LogP contribution in [0.1, 0.15) is 12.0 Å². The number of benzene rings is 1. The highest BCUT2D eigenvalue weighted by Crippen LogP contribution is 2.21. The molecular weight excluding hydrogens is 340 g/mol. The summed E-state index contributed by atoms with van der Waals surface area (Å²) < 4.78 is 0. The van der Waals surface area contributed by atoms with Gasteiger partial charge in [-0.3, -0.25) is 10.4 Å². The quantitative estimate of drug-likeness (QED) is 0.246. The molecule has 0 aliphatic heterocycles. The molecule has 1 heterocycles. The van der Waals surface area contributed by atoms with Gasteiger partial charge in [-0.15, -0.1) is 5.11 Å². The third kappa shape index (κ3) is 6.59. The van der Waals surface area contributed by atoms with Gasteiger partial charge in [-0.05, 0) is 44.8 Å². The van der Waals surface area contributed by atoms with E-state index in [0.717, 1.165) is 42.1 Å². The van der Waals surface area contributed by atoms with Crippen molar-refractivity contribution in [2.75, 3.05) is 39.1 Å². The molecule has 1 aromatic carbocycles. The Morgan fingerprint density at radius 3 is 2.78 bits per heavy atom. The van der Waals surface area contributed by atoms with E-state index in [1.54, 1.807) is 18.5 Å². The van der Waals surface area contributed by atoms with Crippen LogP contribution < -0.4 is 10.7 Å². The van der Waals surface area contributed by atoms with Crippen molar-refractivity contribution in [3.63, 3.8) is 0 Å². The Labute approximate surface area is 159 Å². The van der Waals surface area contributed by atoms with Crippen molar-refractivity contribution in [3.8, 4) is 11.3 Å². The smallest absolute Gasteiger partial charge is 0.168 e. The van der Waals surface area contributed by atoms with Crippen LogP contribution in [-0.2, 0) is 0 Å². The van der Waals surface area contributed by atoms with Crippen LogP contribution in [0.15, 0.2) is 53.1 Å². The molecule has 2 rings (SSSR count). The lowest BCUT2D eigenvalue weighted by molar-refractivity contribution is 0.401. The summed E-state index contributed by atoms with van der Waals surface area (Å²) in [6, 6.07) is 7.86. The van der Waals surface area contributed by atoms with Crippen molar-refractivity contribution >= 4 is 17.7 Å². The predicted octanol–water partition coefficient (Wildman–Crippen LogP) is 2.85. The second-order valence-electron chi connectivity index (χ2n) is 6.40. The summed E-state index contributed by atoms with van der Waals surface area (Å²) in [7, 11) is 6.17. The van der Waals surface area contributed by atoms with E-state index in [9.17, 15) is 0 Å². The fourth-order valence-corrected chi connectivity index (χ4v) is 2.49. The Balaban J connectivity index is 2.14. The minimum atomic E-state index is -0.0101. The number of aromatic nitrogens is 2. The van der Waals surface area contributed by atoms with Gasteiger partial charge in [0.15, 0.2) is 5.84 Å². The van der Waals surface area contributed by atoms with E-state index in [-0.39, 0.29) is 5.84 Å². The number of nitrogens with zero attached hydrogens (tertiary/aromatic N) is 6. The molecule has 0 unspecified atom stereocenters. The minimum absolute atomic E-state index is 0.0101. The predicted molar refractivity (Wildman–Crippen MR) is 110 cm³/mol. The SMILES string of the molecule is CN(C)CCCN(C)c1cncc(-c2cccc(/C=C/C(=N)N=NN)c2)n1. The number of nitrogens with one attached hydrogen (secondary N) is 1. The maximum absolute atomic E-state index is 7.55. The van der Waals surface area contributed by atoms with Gasteiger partial charge in [0.05, 0.1) is 18.1 Å². The lowest BCUT2D eigenvalue weighted by Gasteiger charge is -2.19. The fourth-order valence-electron chi connectivity index (χ4n) is 2.49. The Hall–Kier alpha value is -3.13. The van der Waals surface area contributed by atoms with E-state index >= 15 is 0 Å². The summed E-state index contributed by atoms with van der Waals surface area (Å²) in [6.07, 6.45) is 7.91. The first-order chi connectivity index (χ1) is 13.0. The molecule has 0 aliphatic rings. The van der Waals surface area contributed by atoms with Gasteiger partial charge in [-0.25, -0.2) is 4.98 Å². The third-order valence-electron chi connectivity index (χ3n) is 3.89. The van der Waals surface area contributed by atoms with Crippen LogP contribution in [0.3, 0.4) is 0 Å². The summed E-state index contributed by atoms with van der Waals surface area (Å²) in [4.78, 5) is 13.4. The number of nitrogens with two attached hydrogens (primary N) is 1. The Kier molecular flexibility index (Phi) is 7.57. The van der Waals surface area contributed by atoms with Gasteiger partial charge in [0.25, 0.3) is 0 Å². The van der Waals surface area contributed by atoms with Gasteiger partial charge in [-0.2, -0.15) is 0 Å². The maximum Gasteiger partial charge on any atom is 0.168 e. The van der Waals surface area contributed by atoms with Crippen molar-refractivity contribution in [1.82, 2.24) is 14.9 Å². The van der Waals surface area contributed by atoms with Gasteiger partial charge in [0.2, 0.25) is 0 Å². The van der Waals surface area contributed by atoms with Crippen molar-refractivity contribution < 1.29 is 0 Å². The first-order valence-corrected chi connectivity index (χ1v) is 8.65. The molecule has 0 fully saturated rings. The molecule has 2 aromatic rings. The lowest BCUT2D eigenvalue weighted by Crippen LogP contribution is -2.24. The molecule has 0 amide bonds. The van der Waals surface area contributed by atoms with E-state index in [1.165, 1.54) is 6.08 Å². The van der Waals surface area contributed by atoms with Crippen LogP contribution in [0.2, 0.25) is 0 Å². The van der Waals surface area contributed by atoms with Crippen LogP contribution in [0.4, 0.5) is 5.82 Å². The summed E-state index contributed by atoms with van der Waals surface area (Å²) in [6.45, 7) is 1.95. The average molecular weight is 366 g/mol. The van der Waals surface area contributed by atoms with Gasteiger partial charge >= 0.3 is 0 Å². The molecule has 0 bridgehead atoms.